The van der Waals surface area contributed by atoms with Gasteiger partial charge in [0.05, 0.1) is 105 Å². The quantitative estimate of drug-likeness (QED) is 0.0510. The molecule has 16 aromatic rings. The van der Waals surface area contributed by atoms with Gasteiger partial charge in [-0.05, 0) is 243 Å². The van der Waals surface area contributed by atoms with E-state index in [2.05, 4.69) is 224 Å². The number of aliphatic hydroxyl groups is 8. The van der Waals surface area contributed by atoms with Gasteiger partial charge in [-0.25, -0.2) is 54.8 Å². The first-order valence-corrected chi connectivity index (χ1v) is 49.5. The number of pyridine rings is 5. The van der Waals surface area contributed by atoms with Crippen molar-refractivity contribution >= 4 is 192 Å². The van der Waals surface area contributed by atoms with Crippen LogP contribution in [-0.4, -0.2) is 209 Å². The number of nitrogens with two attached hydrogens (primary N) is 4. The summed E-state index contributed by atoms with van der Waals surface area (Å²) in [6, 6.07) is 43.9. The van der Waals surface area contributed by atoms with Crippen molar-refractivity contribution in [3.05, 3.63) is 224 Å². The second-order valence-corrected chi connectivity index (χ2v) is 42.2. The lowest BCUT2D eigenvalue weighted by atomic mass is 9.80. The van der Waals surface area contributed by atoms with Crippen molar-refractivity contribution in [2.24, 2.45) is 21.7 Å². The molecule has 4 aromatic carbocycles. The maximum absolute atomic E-state index is 11.3. The van der Waals surface area contributed by atoms with Gasteiger partial charge in [-0.3, -0.25) is 0 Å². The number of rotatable bonds is 13. The van der Waals surface area contributed by atoms with Gasteiger partial charge in [-0.2, -0.15) is 0 Å². The Morgan fingerprint density at radius 3 is 1.01 bits per heavy atom. The van der Waals surface area contributed by atoms with E-state index in [1.807, 2.05) is 136 Å². The van der Waals surface area contributed by atoms with Gasteiger partial charge in [0.1, 0.15) is 107 Å². The summed E-state index contributed by atoms with van der Waals surface area (Å²) in [4.78, 5) is 49.0. The van der Waals surface area contributed by atoms with E-state index < -0.39 is 70.5 Å². The summed E-state index contributed by atoms with van der Waals surface area (Å²) in [5.41, 5.74) is 33.1. The summed E-state index contributed by atoms with van der Waals surface area (Å²) >= 11 is 13.7. The Kier molecular flexibility index (Phi) is 24.6. The molecule has 4 saturated carbocycles. The molecule has 137 heavy (non-hydrogen) atoms. The molecule has 8 aliphatic rings. The topological polar surface area (TPSA) is 512 Å². The molecule has 4 saturated heterocycles. The van der Waals surface area contributed by atoms with E-state index in [9.17, 15) is 40.9 Å². The summed E-state index contributed by atoms with van der Waals surface area (Å²) < 4.78 is 11.1. The van der Waals surface area contributed by atoms with Crippen LogP contribution < -0.4 is 60.2 Å². The number of aliphatic hydroxyl groups excluding tert-OH is 8. The van der Waals surface area contributed by atoms with Crippen LogP contribution in [0.3, 0.4) is 0 Å². The van der Waals surface area contributed by atoms with Gasteiger partial charge < -0.3 is 119 Å². The zero-order chi connectivity index (χ0) is 95.2. The highest BCUT2D eigenvalue weighted by atomic mass is 79.9. The first-order valence-electron chi connectivity index (χ1n) is 46.4. The van der Waals surface area contributed by atoms with Gasteiger partial charge in [-0.15, -0.1) is 0 Å². The second-order valence-electron chi connectivity index (χ2n) is 38.8. The second kappa shape index (κ2) is 36.4. The van der Waals surface area contributed by atoms with E-state index in [1.165, 1.54) is 12.7 Å². The Labute approximate surface area is 820 Å². The lowest BCUT2D eigenvalue weighted by molar-refractivity contribution is -0.0218. The molecule has 710 valence electrons. The fraction of sp³-hybridized carbons (Fsp3) is 0.384. The van der Waals surface area contributed by atoms with Crippen molar-refractivity contribution in [1.82, 2.24) is 94.4 Å². The van der Waals surface area contributed by atoms with Crippen LogP contribution in [0.1, 0.15) is 143 Å². The molecule has 0 bridgehead atoms. The van der Waals surface area contributed by atoms with Crippen LogP contribution in [-0.2, 0) is 0 Å². The number of fused-ring (bicyclic) bond motifs is 8. The fourth-order valence-electron chi connectivity index (χ4n) is 23.4. The molecular weight excluding hydrogens is 2000 g/mol. The maximum Gasteiger partial charge on any atom is 0.145 e. The van der Waals surface area contributed by atoms with Crippen LogP contribution >= 0.6 is 63.7 Å². The standard InChI is InChI=1S/C26H30BrN7O2.C25H28BrN7O2.C24H26BrN7O2.C24H24BrN5O2/c1-13(2)32-24-16-5-6-34(25(16)31-12-30-24)20-10-26(22(36)21(20)35)9-19(29-11-26)15-4-3-14-7-17(27)23(28)33-18(14)8-15;1-2-28-23-15-5-6-33(24(15)31-12-30-23)19-10-25(21(35)20(19)34)9-18(29-11-25)14-4-3-13-7-16(26)22(27)32-17(13)8-14;1-27-22-14-4-5-32(23(14)30-11-29-22)18-9-24(20(34)19(18)33)8-17(28-10-24)13-3-2-12-6-15(25)21(26)31-16(12)7-13;25-16-8-14-3-4-15(9-17(14)29-22(16)26)18-10-24(12-28-18)11-19(20(31)21(24)32)30-7-5-13-2-1-6-27-23(13)30/h3-8,12-13,19-22,29,35-36H,9-11H2,1-2H3,(H2,28,33)(H,30,31,32);3-8,12,18-21,29,34-35H,2,9-11H2,1H3,(H2,27,32)(H,28,30,31);2-7,11,17-20,28,33-34H,8-10H2,1H3,(H2,26,31)(H,27,29,30);1-9,18-21,28,31-32H,10-12H2,(H2,26,29). The third kappa shape index (κ3) is 16.5. The monoisotopic (exact) mass is 2100 g/mol. The first kappa shape index (κ1) is 92.5. The molecule has 24 rings (SSSR count). The number of nitrogens with one attached hydrogen (secondary N) is 7. The summed E-state index contributed by atoms with van der Waals surface area (Å²) in [5.74, 6) is 4.14. The van der Waals surface area contributed by atoms with Gasteiger partial charge in [0.15, 0.2) is 0 Å². The van der Waals surface area contributed by atoms with Crippen LogP contribution in [0.15, 0.2) is 201 Å². The number of nitrogens with zero attached hydrogens (tertiary/aromatic N) is 15. The highest BCUT2D eigenvalue weighted by Crippen LogP contribution is 2.58. The Morgan fingerprint density at radius 2 is 0.679 bits per heavy atom. The summed E-state index contributed by atoms with van der Waals surface area (Å²) in [6.45, 7) is 9.42. The molecule has 4 spiro atoms. The van der Waals surface area contributed by atoms with Gasteiger partial charge in [0, 0.05) is 150 Å². The van der Waals surface area contributed by atoms with E-state index >= 15 is 0 Å². The number of nitrogen functional groups attached to an aromatic ring is 4. The van der Waals surface area contributed by atoms with E-state index in [-0.39, 0.29) is 54.4 Å². The molecule has 0 radical (unpaired) electrons. The van der Waals surface area contributed by atoms with Gasteiger partial charge >= 0.3 is 0 Å². The van der Waals surface area contributed by atoms with Crippen LogP contribution in [0.25, 0.3) is 87.7 Å². The Bertz CT molecular complexity index is 7340. The van der Waals surface area contributed by atoms with Crippen LogP contribution in [0.5, 0.6) is 0 Å². The third-order valence-electron chi connectivity index (χ3n) is 30.4. The normalized spacial score (nSPS) is 28.9. The van der Waals surface area contributed by atoms with Crippen molar-refractivity contribution in [1.29, 1.82) is 0 Å². The molecule has 20 unspecified atom stereocenters. The number of aromatic nitrogens is 15. The van der Waals surface area contributed by atoms with E-state index in [4.69, 9.17) is 22.9 Å². The number of halogens is 4. The Hall–Kier alpha value is -10.9. The molecule has 0 amide bonds. The Balaban J connectivity index is 0.000000109. The van der Waals surface area contributed by atoms with Gasteiger partial charge in [0.2, 0.25) is 0 Å². The van der Waals surface area contributed by atoms with Crippen molar-refractivity contribution in [3.63, 3.8) is 0 Å². The number of benzene rings is 4. The molecule has 12 aromatic heterocycles. The first-order chi connectivity index (χ1) is 66.0. The SMILES string of the molecule is CC(C)Nc1ncnc2c1ccn2C1CC2(CNC(c3ccc4cc(Br)c(N)nc4c3)C2)C(O)C1O.CCNc1ncnc2c1ccn2C1CC2(CNC(c3ccc4cc(Br)c(N)nc4c3)C2)C(O)C1O.CNc1ncnc2c1ccn2C1CC2(CNC(c3ccc4cc(Br)c(N)nc4c3)C2)C(O)C1O.Nc1nc2cc(C3CC4(CN3)CC(n3ccc5cccnc53)C(O)C4O)ccc2cc1Br. The van der Waals surface area contributed by atoms with Crippen molar-refractivity contribution in [2.75, 3.05) is 78.7 Å². The molecule has 38 heteroatoms. The predicted molar refractivity (Wildman–Crippen MR) is 544 cm³/mol. The number of hydrogen-bond acceptors (Lipinski definition) is 30. The molecule has 8 fully saturated rings. The van der Waals surface area contributed by atoms with E-state index in [0.717, 1.165) is 171 Å². The minimum atomic E-state index is -0.895. The molecule has 4 aliphatic carbocycles. The van der Waals surface area contributed by atoms with Crippen molar-refractivity contribution in [3.8, 4) is 0 Å². The van der Waals surface area contributed by atoms with Crippen LogP contribution in [0, 0.1) is 21.7 Å². The minimum absolute atomic E-state index is 0.0484. The van der Waals surface area contributed by atoms with Crippen molar-refractivity contribution in [2.45, 2.75) is 175 Å². The highest BCUT2D eigenvalue weighted by molar-refractivity contribution is 9.11. The van der Waals surface area contributed by atoms with Crippen LogP contribution in [0.2, 0.25) is 0 Å². The minimum Gasteiger partial charge on any atom is -0.390 e. The molecule has 4 aliphatic heterocycles. The summed E-state index contributed by atoms with van der Waals surface area (Å²) in [6.07, 6.45) is 12.8. The maximum atomic E-state index is 11.3. The average molecular weight is 2110 g/mol. The van der Waals surface area contributed by atoms with E-state index in [1.54, 1.807) is 12.5 Å². The van der Waals surface area contributed by atoms with E-state index in [0.29, 0.717) is 81.6 Å². The third-order valence-corrected chi connectivity index (χ3v) is 33.0. The summed E-state index contributed by atoms with van der Waals surface area (Å²) in [5, 5.41) is 121. The lowest BCUT2D eigenvalue weighted by Crippen LogP contribution is -2.38. The van der Waals surface area contributed by atoms with Gasteiger partial charge in [-0.1, -0.05) is 48.5 Å². The zero-order valence-electron chi connectivity index (χ0n) is 75.4. The smallest absolute Gasteiger partial charge is 0.145 e. The largest absolute Gasteiger partial charge is 0.390 e. The predicted octanol–water partition coefficient (Wildman–Crippen LogP) is 12.7. The number of hydrogen-bond donors (Lipinski definition) is 19. The zero-order valence-corrected chi connectivity index (χ0v) is 81.8. The number of anilines is 7. The summed E-state index contributed by atoms with van der Waals surface area (Å²) in [7, 11) is 1.82. The molecule has 20 atom stereocenters. The molecule has 34 nitrogen and oxygen atoms in total. The van der Waals surface area contributed by atoms with Gasteiger partial charge in [0.25, 0.3) is 0 Å². The Morgan fingerprint density at radius 1 is 0.372 bits per heavy atom. The van der Waals surface area contributed by atoms with Crippen molar-refractivity contribution < 1.29 is 40.9 Å². The lowest BCUT2D eigenvalue weighted by Gasteiger charge is -2.27. The molecular formula is C99H108Br4N26O8. The average Bonchev–Trinajstić information content (AvgIpc) is 1.59. The highest BCUT2D eigenvalue weighted by Gasteiger charge is 2.61. The molecule has 16 heterocycles. The van der Waals surface area contributed by atoms with Crippen LogP contribution in [0.4, 0.5) is 40.7 Å². The molecule has 23 N–H and O–H groups in total. The fourth-order valence-corrected chi connectivity index (χ4v) is 24.7.